The number of amides is 2. The molecule has 17 heavy (non-hydrogen) atoms. The van der Waals surface area contributed by atoms with Gasteiger partial charge in [0.2, 0.25) is 11.8 Å². The third-order valence-electron chi connectivity index (χ3n) is 2.50. The molecule has 2 amide bonds. The zero-order valence-corrected chi connectivity index (χ0v) is 8.80. The van der Waals surface area contributed by atoms with Crippen molar-refractivity contribution in [1.29, 1.82) is 0 Å². The molecule has 6 heteroatoms. The van der Waals surface area contributed by atoms with E-state index in [1.54, 1.807) is 0 Å². The number of carbonyl (C=O) groups is 2. The summed E-state index contributed by atoms with van der Waals surface area (Å²) in [5.41, 5.74) is -0.226. The van der Waals surface area contributed by atoms with Crippen molar-refractivity contribution in [2.24, 2.45) is 0 Å². The molecule has 2 rings (SSSR count). The third-order valence-corrected chi connectivity index (χ3v) is 2.50. The maximum atomic E-state index is 13.2. The average molecular weight is 240 g/mol. The number of hydrogen-bond donors (Lipinski definition) is 2. The Kier molecular flexibility index (Phi) is 3.03. The van der Waals surface area contributed by atoms with Gasteiger partial charge in [-0.25, -0.2) is 8.78 Å². The number of anilines is 1. The minimum absolute atomic E-state index is 0.218. The van der Waals surface area contributed by atoms with Gasteiger partial charge in [-0.15, -0.1) is 0 Å². The number of nitrogens with one attached hydrogen (secondary N) is 2. The summed E-state index contributed by atoms with van der Waals surface area (Å²) in [6.45, 7) is 0. The van der Waals surface area contributed by atoms with Crippen LogP contribution in [0.15, 0.2) is 18.2 Å². The zero-order valence-electron chi connectivity index (χ0n) is 8.80. The second kappa shape index (κ2) is 4.48. The predicted octanol–water partition coefficient (Wildman–Crippen LogP) is 1.18. The Morgan fingerprint density at radius 2 is 2.18 bits per heavy atom. The first-order chi connectivity index (χ1) is 8.06. The molecule has 90 valence electrons. The molecule has 1 aliphatic heterocycles. The molecule has 1 aliphatic rings. The summed E-state index contributed by atoms with van der Waals surface area (Å²) in [5, 5.41) is 4.69. The monoisotopic (exact) mass is 240 g/mol. The standard InChI is InChI=1S/C11H10F2N2O2/c12-6-1-2-7(13)9(5-6)15-11(17)8-3-4-10(16)14-8/h1-2,5,8H,3-4H2,(H,14,16)(H,15,17). The molecular formula is C11H10F2N2O2. The van der Waals surface area contributed by atoms with Crippen LogP contribution in [0.25, 0.3) is 0 Å². The van der Waals surface area contributed by atoms with Crippen LogP contribution in [0.2, 0.25) is 0 Å². The molecule has 2 N–H and O–H groups in total. The Hall–Kier alpha value is -1.98. The van der Waals surface area contributed by atoms with E-state index in [1.807, 2.05) is 0 Å². The smallest absolute Gasteiger partial charge is 0.247 e. The van der Waals surface area contributed by atoms with Crippen molar-refractivity contribution in [2.45, 2.75) is 18.9 Å². The van der Waals surface area contributed by atoms with Crippen LogP contribution < -0.4 is 10.6 Å². The molecule has 0 spiro atoms. The van der Waals surface area contributed by atoms with Gasteiger partial charge < -0.3 is 10.6 Å². The molecule has 0 saturated carbocycles. The van der Waals surface area contributed by atoms with Crippen molar-refractivity contribution in [3.8, 4) is 0 Å². The summed E-state index contributed by atoms with van der Waals surface area (Å²) in [5.74, 6) is -2.12. The van der Waals surface area contributed by atoms with Gasteiger partial charge in [-0.3, -0.25) is 9.59 Å². The molecule has 1 atom stereocenters. The van der Waals surface area contributed by atoms with Crippen LogP contribution in [0.3, 0.4) is 0 Å². The molecule has 1 fully saturated rings. The molecule has 1 aromatic carbocycles. The van der Waals surface area contributed by atoms with E-state index in [-0.39, 0.29) is 18.0 Å². The lowest BCUT2D eigenvalue weighted by Gasteiger charge is -2.11. The van der Waals surface area contributed by atoms with E-state index >= 15 is 0 Å². The Balaban J connectivity index is 2.07. The molecule has 1 unspecified atom stereocenters. The molecule has 4 nitrogen and oxygen atoms in total. The maximum Gasteiger partial charge on any atom is 0.247 e. The Morgan fingerprint density at radius 3 is 2.82 bits per heavy atom. The third kappa shape index (κ3) is 2.58. The Labute approximate surface area is 96.0 Å². The molecule has 0 bridgehead atoms. The first-order valence-electron chi connectivity index (χ1n) is 5.11. The fourth-order valence-corrected chi connectivity index (χ4v) is 1.62. The summed E-state index contributed by atoms with van der Waals surface area (Å²) in [4.78, 5) is 22.5. The van der Waals surface area contributed by atoms with E-state index in [1.165, 1.54) is 0 Å². The second-order valence-corrected chi connectivity index (χ2v) is 3.77. The highest BCUT2D eigenvalue weighted by molar-refractivity contribution is 5.99. The van der Waals surface area contributed by atoms with Crippen LogP contribution in [-0.2, 0) is 9.59 Å². The second-order valence-electron chi connectivity index (χ2n) is 3.77. The summed E-state index contributed by atoms with van der Waals surface area (Å²) < 4.78 is 26.1. The SMILES string of the molecule is O=C1CCC(C(=O)Nc2cc(F)ccc2F)N1. The van der Waals surface area contributed by atoms with Gasteiger partial charge in [-0.2, -0.15) is 0 Å². The van der Waals surface area contributed by atoms with E-state index in [4.69, 9.17) is 0 Å². The minimum Gasteiger partial charge on any atom is -0.344 e. The number of rotatable bonds is 2. The van der Waals surface area contributed by atoms with Crippen molar-refractivity contribution >= 4 is 17.5 Å². The Bertz CT molecular complexity index is 477. The van der Waals surface area contributed by atoms with Crippen LogP contribution in [0, 0.1) is 11.6 Å². The van der Waals surface area contributed by atoms with Crippen molar-refractivity contribution in [3.63, 3.8) is 0 Å². The first kappa shape index (κ1) is 11.5. The highest BCUT2D eigenvalue weighted by Gasteiger charge is 2.27. The highest BCUT2D eigenvalue weighted by Crippen LogP contribution is 2.16. The number of halogens is 2. The number of benzene rings is 1. The summed E-state index contributed by atoms with van der Waals surface area (Å²) in [6, 6.07) is 2.11. The van der Waals surface area contributed by atoms with Crippen LogP contribution in [0.1, 0.15) is 12.8 Å². The lowest BCUT2D eigenvalue weighted by atomic mass is 10.2. The molecule has 1 saturated heterocycles. The van der Waals surface area contributed by atoms with E-state index < -0.39 is 23.6 Å². The topological polar surface area (TPSA) is 58.2 Å². The van der Waals surface area contributed by atoms with Crippen LogP contribution in [-0.4, -0.2) is 17.9 Å². The molecule has 0 aromatic heterocycles. The maximum absolute atomic E-state index is 13.2. The van der Waals surface area contributed by atoms with E-state index in [2.05, 4.69) is 10.6 Å². The van der Waals surface area contributed by atoms with Crippen LogP contribution >= 0.6 is 0 Å². The van der Waals surface area contributed by atoms with Gasteiger partial charge >= 0.3 is 0 Å². The quantitative estimate of drug-likeness (QED) is 0.815. The van der Waals surface area contributed by atoms with Gasteiger partial charge in [0.1, 0.15) is 17.7 Å². The summed E-state index contributed by atoms with van der Waals surface area (Å²) in [7, 11) is 0. The van der Waals surface area contributed by atoms with Crippen LogP contribution in [0.5, 0.6) is 0 Å². The number of carbonyl (C=O) groups excluding carboxylic acids is 2. The molecule has 0 radical (unpaired) electrons. The van der Waals surface area contributed by atoms with Crippen molar-refractivity contribution < 1.29 is 18.4 Å². The van der Waals surface area contributed by atoms with Crippen molar-refractivity contribution in [1.82, 2.24) is 5.32 Å². The fraction of sp³-hybridized carbons (Fsp3) is 0.273. The normalized spacial score (nSPS) is 18.9. The van der Waals surface area contributed by atoms with Gasteiger partial charge in [0.15, 0.2) is 0 Å². The Morgan fingerprint density at radius 1 is 1.41 bits per heavy atom. The zero-order chi connectivity index (χ0) is 12.4. The van der Waals surface area contributed by atoms with Crippen LogP contribution in [0.4, 0.5) is 14.5 Å². The molecule has 1 aromatic rings. The van der Waals surface area contributed by atoms with Gasteiger partial charge in [-0.1, -0.05) is 0 Å². The van der Waals surface area contributed by atoms with Gasteiger partial charge in [0, 0.05) is 12.5 Å². The van der Waals surface area contributed by atoms with Gasteiger partial charge in [-0.05, 0) is 18.6 Å². The largest absolute Gasteiger partial charge is 0.344 e. The number of hydrogen-bond acceptors (Lipinski definition) is 2. The molecule has 1 heterocycles. The fourth-order valence-electron chi connectivity index (χ4n) is 1.62. The van der Waals surface area contributed by atoms with E-state index in [9.17, 15) is 18.4 Å². The lowest BCUT2D eigenvalue weighted by molar-refractivity contribution is -0.122. The highest BCUT2D eigenvalue weighted by atomic mass is 19.1. The summed E-state index contributed by atoms with van der Waals surface area (Å²) in [6.07, 6.45) is 0.630. The van der Waals surface area contributed by atoms with E-state index in [0.717, 1.165) is 18.2 Å². The van der Waals surface area contributed by atoms with Crippen molar-refractivity contribution in [3.05, 3.63) is 29.8 Å². The lowest BCUT2D eigenvalue weighted by Crippen LogP contribution is -2.37. The van der Waals surface area contributed by atoms with Gasteiger partial charge in [0.05, 0.1) is 5.69 Å². The molecule has 0 aliphatic carbocycles. The van der Waals surface area contributed by atoms with Crippen molar-refractivity contribution in [2.75, 3.05) is 5.32 Å². The average Bonchev–Trinajstić information content (AvgIpc) is 2.70. The first-order valence-corrected chi connectivity index (χ1v) is 5.11. The predicted molar refractivity (Wildman–Crippen MR) is 56.2 cm³/mol. The summed E-state index contributed by atoms with van der Waals surface area (Å²) >= 11 is 0. The molecular weight excluding hydrogens is 230 g/mol. The minimum atomic E-state index is -0.718. The van der Waals surface area contributed by atoms with E-state index in [0.29, 0.717) is 6.42 Å². The van der Waals surface area contributed by atoms with Gasteiger partial charge in [0.25, 0.3) is 0 Å².